The van der Waals surface area contributed by atoms with Gasteiger partial charge in [0, 0.05) is 15.2 Å². The summed E-state index contributed by atoms with van der Waals surface area (Å²) in [5.74, 6) is 0. The maximum atomic E-state index is 11.0. The summed E-state index contributed by atoms with van der Waals surface area (Å²) < 4.78 is 22.7. The van der Waals surface area contributed by atoms with Crippen molar-refractivity contribution >= 4 is 47.3 Å². The van der Waals surface area contributed by atoms with Gasteiger partial charge in [0.25, 0.3) is 9.05 Å². The third-order valence-corrected chi connectivity index (χ3v) is 4.14. The Morgan fingerprint density at radius 3 is 2.38 bits per heavy atom. The maximum absolute atomic E-state index is 11.0. The van der Waals surface area contributed by atoms with Crippen LogP contribution in [0.3, 0.4) is 0 Å². The van der Waals surface area contributed by atoms with Gasteiger partial charge in [-0.1, -0.05) is 11.6 Å². The Labute approximate surface area is 94.4 Å². The predicted octanol–water partition coefficient (Wildman–Crippen LogP) is 3.34. The van der Waals surface area contributed by atoms with E-state index in [9.17, 15) is 8.42 Å². The van der Waals surface area contributed by atoms with E-state index in [2.05, 4.69) is 15.9 Å². The van der Waals surface area contributed by atoms with Crippen LogP contribution in [0.15, 0.2) is 21.5 Å². The van der Waals surface area contributed by atoms with Crippen molar-refractivity contribution in [1.82, 2.24) is 0 Å². The van der Waals surface area contributed by atoms with Crippen molar-refractivity contribution in [2.24, 2.45) is 0 Å². The van der Waals surface area contributed by atoms with Crippen molar-refractivity contribution in [2.75, 3.05) is 0 Å². The highest BCUT2D eigenvalue weighted by molar-refractivity contribution is 9.10. The normalized spacial score (nSPS) is 11.7. The molecule has 1 aromatic rings. The summed E-state index contributed by atoms with van der Waals surface area (Å²) in [5.41, 5.74) is 0.561. The number of aryl methyl sites for hydroxylation is 1. The van der Waals surface area contributed by atoms with E-state index in [4.69, 9.17) is 22.3 Å². The standard InChI is InChI=1S/C7H5BrCl2O2S/c1-4-2-5(8)6(9)3-7(4)13(10,11)12/h2-3H,1H3. The van der Waals surface area contributed by atoms with Crippen LogP contribution in [0.2, 0.25) is 5.02 Å². The van der Waals surface area contributed by atoms with Crippen LogP contribution in [0.25, 0.3) is 0 Å². The van der Waals surface area contributed by atoms with Gasteiger partial charge in [0.15, 0.2) is 0 Å². The van der Waals surface area contributed by atoms with Crippen molar-refractivity contribution in [3.8, 4) is 0 Å². The zero-order valence-electron chi connectivity index (χ0n) is 6.51. The Kier molecular flexibility index (Phi) is 3.28. The van der Waals surface area contributed by atoms with Gasteiger partial charge in [-0.3, -0.25) is 0 Å². The first-order chi connectivity index (χ1) is 5.82. The zero-order chi connectivity index (χ0) is 10.2. The zero-order valence-corrected chi connectivity index (χ0v) is 10.4. The van der Waals surface area contributed by atoms with Crippen molar-refractivity contribution < 1.29 is 8.42 Å². The fourth-order valence-electron chi connectivity index (χ4n) is 0.891. The lowest BCUT2D eigenvalue weighted by Gasteiger charge is -2.03. The van der Waals surface area contributed by atoms with Crippen LogP contribution < -0.4 is 0 Å². The number of hydrogen-bond donors (Lipinski definition) is 0. The fourth-order valence-corrected chi connectivity index (χ4v) is 2.78. The summed E-state index contributed by atoms with van der Waals surface area (Å²) >= 11 is 8.90. The Morgan fingerprint density at radius 1 is 1.38 bits per heavy atom. The summed E-state index contributed by atoms with van der Waals surface area (Å²) in [4.78, 5) is 0.0439. The quantitative estimate of drug-likeness (QED) is 0.746. The largest absolute Gasteiger partial charge is 0.261 e. The second-order valence-corrected chi connectivity index (χ2v) is 6.27. The molecule has 0 heterocycles. The van der Waals surface area contributed by atoms with Crippen molar-refractivity contribution in [1.29, 1.82) is 0 Å². The summed E-state index contributed by atoms with van der Waals surface area (Å²) in [7, 11) is 1.48. The Bertz CT molecular complexity index is 442. The molecule has 13 heavy (non-hydrogen) atoms. The molecule has 1 rings (SSSR count). The van der Waals surface area contributed by atoms with Crippen LogP contribution in [0, 0.1) is 6.92 Å². The lowest BCUT2D eigenvalue weighted by molar-refractivity contribution is 0.609. The topological polar surface area (TPSA) is 34.1 Å². The van der Waals surface area contributed by atoms with E-state index in [1.54, 1.807) is 13.0 Å². The van der Waals surface area contributed by atoms with E-state index in [1.807, 2.05) is 0 Å². The molecule has 0 N–H and O–H groups in total. The van der Waals surface area contributed by atoms with E-state index in [-0.39, 0.29) is 4.90 Å². The summed E-state index contributed by atoms with van der Waals surface area (Å²) in [6, 6.07) is 2.93. The second kappa shape index (κ2) is 3.77. The van der Waals surface area contributed by atoms with Gasteiger partial charge in [-0.25, -0.2) is 8.42 Å². The minimum Gasteiger partial charge on any atom is -0.207 e. The number of benzene rings is 1. The average molecular weight is 304 g/mol. The monoisotopic (exact) mass is 302 g/mol. The van der Waals surface area contributed by atoms with Crippen LogP contribution in [0.1, 0.15) is 5.56 Å². The van der Waals surface area contributed by atoms with Gasteiger partial charge in [-0.05, 0) is 40.5 Å². The molecule has 0 radical (unpaired) electrons. The van der Waals surface area contributed by atoms with E-state index < -0.39 is 9.05 Å². The highest BCUT2D eigenvalue weighted by Gasteiger charge is 2.15. The smallest absolute Gasteiger partial charge is 0.207 e. The molecule has 0 aliphatic rings. The fraction of sp³-hybridized carbons (Fsp3) is 0.143. The van der Waals surface area contributed by atoms with Crippen molar-refractivity contribution in [3.63, 3.8) is 0 Å². The van der Waals surface area contributed by atoms with Crippen LogP contribution in [0.5, 0.6) is 0 Å². The van der Waals surface area contributed by atoms with E-state index >= 15 is 0 Å². The van der Waals surface area contributed by atoms with Gasteiger partial charge in [-0.2, -0.15) is 0 Å². The van der Waals surface area contributed by atoms with Gasteiger partial charge in [0.1, 0.15) is 0 Å². The van der Waals surface area contributed by atoms with E-state index in [0.717, 1.165) is 0 Å². The molecule has 0 saturated heterocycles. The van der Waals surface area contributed by atoms with Gasteiger partial charge in [0.05, 0.1) is 9.92 Å². The third kappa shape index (κ3) is 2.59. The molecule has 0 bridgehead atoms. The van der Waals surface area contributed by atoms with Crippen LogP contribution >= 0.6 is 38.2 Å². The van der Waals surface area contributed by atoms with Crippen LogP contribution in [-0.4, -0.2) is 8.42 Å². The highest BCUT2D eigenvalue weighted by atomic mass is 79.9. The van der Waals surface area contributed by atoms with Gasteiger partial charge < -0.3 is 0 Å². The lowest BCUT2D eigenvalue weighted by atomic mass is 10.2. The summed E-state index contributed by atoms with van der Waals surface area (Å²) in [6.45, 7) is 1.65. The molecule has 0 fully saturated rings. The maximum Gasteiger partial charge on any atom is 0.261 e. The molecule has 0 spiro atoms. The lowest BCUT2D eigenvalue weighted by Crippen LogP contribution is -1.94. The first-order valence-electron chi connectivity index (χ1n) is 3.22. The number of rotatable bonds is 1. The Morgan fingerprint density at radius 2 is 1.92 bits per heavy atom. The van der Waals surface area contributed by atoms with Gasteiger partial charge in [-0.15, -0.1) is 0 Å². The molecule has 0 atom stereocenters. The van der Waals surface area contributed by atoms with Crippen LogP contribution in [-0.2, 0) is 9.05 Å². The first-order valence-corrected chi connectivity index (χ1v) is 6.70. The Hall–Kier alpha value is 0.230. The minimum atomic E-state index is -3.71. The molecule has 2 nitrogen and oxygen atoms in total. The molecule has 0 saturated carbocycles. The average Bonchev–Trinajstić information content (AvgIpc) is 1.94. The van der Waals surface area contributed by atoms with E-state index in [1.165, 1.54) is 6.07 Å². The summed E-state index contributed by atoms with van der Waals surface area (Å²) in [5, 5.41) is 0.324. The molecule has 1 aromatic carbocycles. The molecular weight excluding hydrogens is 299 g/mol. The minimum absolute atomic E-state index is 0.0439. The van der Waals surface area contributed by atoms with Crippen molar-refractivity contribution in [3.05, 3.63) is 27.2 Å². The summed E-state index contributed by atoms with van der Waals surface area (Å²) in [6.07, 6.45) is 0. The molecule has 0 unspecified atom stereocenters. The van der Waals surface area contributed by atoms with Gasteiger partial charge >= 0.3 is 0 Å². The number of halogens is 3. The van der Waals surface area contributed by atoms with Crippen LogP contribution in [0.4, 0.5) is 0 Å². The Balaban J connectivity index is 3.50. The van der Waals surface area contributed by atoms with Crippen molar-refractivity contribution in [2.45, 2.75) is 11.8 Å². The molecule has 0 amide bonds. The molecular formula is C7H5BrCl2O2S. The highest BCUT2D eigenvalue weighted by Crippen LogP contribution is 2.29. The molecule has 6 heteroatoms. The first kappa shape index (κ1) is 11.3. The SMILES string of the molecule is Cc1cc(Br)c(Cl)cc1S(=O)(=O)Cl. The molecule has 0 aliphatic heterocycles. The molecule has 0 aliphatic carbocycles. The predicted molar refractivity (Wildman–Crippen MR) is 56.9 cm³/mol. The molecule has 72 valence electrons. The third-order valence-electron chi connectivity index (χ3n) is 1.48. The van der Waals surface area contributed by atoms with E-state index in [0.29, 0.717) is 15.1 Å². The number of hydrogen-bond acceptors (Lipinski definition) is 2. The van der Waals surface area contributed by atoms with Gasteiger partial charge in [0.2, 0.25) is 0 Å². The second-order valence-electron chi connectivity index (χ2n) is 2.47. The molecule has 0 aromatic heterocycles.